The van der Waals surface area contributed by atoms with Crippen LogP contribution in [0.2, 0.25) is 0 Å². The Morgan fingerprint density at radius 1 is 1.40 bits per heavy atom. The number of primary amides is 1. The number of hydrogen-bond donors (Lipinski definition) is 3. The van der Waals surface area contributed by atoms with Crippen LogP contribution in [0.1, 0.15) is 34.1 Å². The number of carbonyl (C=O) groups is 2. The van der Waals surface area contributed by atoms with Crippen LogP contribution in [0.4, 0.5) is 0 Å². The summed E-state index contributed by atoms with van der Waals surface area (Å²) in [7, 11) is 0. The summed E-state index contributed by atoms with van der Waals surface area (Å²) in [4.78, 5) is 22.3. The molecule has 0 radical (unpaired) electrons. The number of hydrogen-bond acceptors (Lipinski definition) is 3. The van der Waals surface area contributed by atoms with E-state index in [1.165, 1.54) is 0 Å². The zero-order valence-electron chi connectivity index (χ0n) is 9.89. The molecule has 0 heterocycles. The van der Waals surface area contributed by atoms with Crippen molar-refractivity contribution in [2.45, 2.75) is 45.7 Å². The third-order valence-electron chi connectivity index (χ3n) is 2.29. The fourth-order valence-electron chi connectivity index (χ4n) is 0.866. The van der Waals surface area contributed by atoms with E-state index in [0.29, 0.717) is 0 Å². The number of nitrogens with one attached hydrogen (secondary N) is 2. The fourth-order valence-corrected chi connectivity index (χ4v) is 0.866. The molecule has 0 aromatic heterocycles. The van der Waals surface area contributed by atoms with E-state index in [2.05, 4.69) is 10.6 Å². The van der Waals surface area contributed by atoms with Gasteiger partial charge in [-0.15, -0.1) is 0 Å². The highest BCUT2D eigenvalue weighted by Crippen LogP contribution is 1.99. The molecule has 0 fully saturated rings. The summed E-state index contributed by atoms with van der Waals surface area (Å²) < 4.78 is 0. The lowest BCUT2D eigenvalue weighted by molar-refractivity contribution is -0.130. The molecule has 0 bridgehead atoms. The normalized spacial score (nSPS) is 13.3. The summed E-state index contributed by atoms with van der Waals surface area (Å²) in [5, 5.41) is 5.59. The van der Waals surface area contributed by atoms with Crippen LogP contribution in [0.15, 0.2) is 0 Å². The van der Waals surface area contributed by atoms with Gasteiger partial charge >= 0.3 is 0 Å². The Labute approximate surface area is 90.8 Å². The molecule has 88 valence electrons. The summed E-state index contributed by atoms with van der Waals surface area (Å²) >= 11 is 0. The Morgan fingerprint density at radius 2 is 1.93 bits per heavy atom. The summed E-state index contributed by atoms with van der Waals surface area (Å²) in [6.07, 6.45) is 0.951. The van der Waals surface area contributed by atoms with Gasteiger partial charge in [-0.1, -0.05) is 6.92 Å². The molecule has 15 heavy (non-hydrogen) atoms. The van der Waals surface area contributed by atoms with Crippen LogP contribution in [0.5, 0.6) is 0 Å². The summed E-state index contributed by atoms with van der Waals surface area (Å²) in [6.45, 7) is 7.38. The Kier molecular flexibility index (Phi) is 5.28. The van der Waals surface area contributed by atoms with E-state index in [-0.39, 0.29) is 18.5 Å². The van der Waals surface area contributed by atoms with Gasteiger partial charge in [0.2, 0.25) is 11.8 Å². The maximum atomic E-state index is 11.4. The molecule has 1 unspecified atom stereocenters. The molecule has 2 amide bonds. The average molecular weight is 215 g/mol. The Balaban J connectivity index is 3.99. The summed E-state index contributed by atoms with van der Waals surface area (Å²) in [5.74, 6) is -0.765. The lowest BCUT2D eigenvalue weighted by atomic mass is 10.1. The standard InChI is InChI=1S/C10H21N3O2/c1-5-7(2)12-6-8(14)13-10(3,4)9(11)15/h7,12H,5-6H2,1-4H3,(H2,11,15)(H,13,14). The van der Waals surface area contributed by atoms with Gasteiger partial charge in [0.25, 0.3) is 0 Å². The predicted molar refractivity (Wildman–Crippen MR) is 59.2 cm³/mol. The Morgan fingerprint density at radius 3 is 2.33 bits per heavy atom. The summed E-state index contributed by atoms with van der Waals surface area (Å²) in [6, 6.07) is 0.285. The quantitative estimate of drug-likeness (QED) is 0.571. The van der Waals surface area contributed by atoms with E-state index >= 15 is 0 Å². The van der Waals surface area contributed by atoms with E-state index in [1.54, 1.807) is 13.8 Å². The van der Waals surface area contributed by atoms with Crippen LogP contribution in [-0.2, 0) is 9.59 Å². The topological polar surface area (TPSA) is 84.2 Å². The summed E-state index contributed by atoms with van der Waals surface area (Å²) in [5.41, 5.74) is 4.13. The van der Waals surface area contributed by atoms with Crippen LogP contribution >= 0.6 is 0 Å². The van der Waals surface area contributed by atoms with Gasteiger partial charge in [0.05, 0.1) is 6.54 Å². The van der Waals surface area contributed by atoms with Gasteiger partial charge in [-0.05, 0) is 27.2 Å². The van der Waals surface area contributed by atoms with Crippen molar-refractivity contribution in [2.75, 3.05) is 6.54 Å². The van der Waals surface area contributed by atoms with Gasteiger partial charge < -0.3 is 16.4 Å². The van der Waals surface area contributed by atoms with Crippen molar-refractivity contribution in [1.82, 2.24) is 10.6 Å². The molecule has 0 aromatic carbocycles. The van der Waals surface area contributed by atoms with Crippen molar-refractivity contribution in [3.05, 3.63) is 0 Å². The van der Waals surface area contributed by atoms with E-state index < -0.39 is 11.4 Å². The molecule has 0 aliphatic carbocycles. The van der Waals surface area contributed by atoms with Crippen LogP contribution in [0, 0.1) is 0 Å². The van der Waals surface area contributed by atoms with E-state index in [4.69, 9.17) is 5.73 Å². The maximum Gasteiger partial charge on any atom is 0.242 e. The first-order valence-electron chi connectivity index (χ1n) is 5.14. The maximum absolute atomic E-state index is 11.4. The molecule has 0 aromatic rings. The molecule has 1 atom stereocenters. The SMILES string of the molecule is CCC(C)NCC(=O)NC(C)(C)C(N)=O. The number of rotatable bonds is 6. The molecule has 4 N–H and O–H groups in total. The zero-order valence-corrected chi connectivity index (χ0v) is 9.89. The van der Waals surface area contributed by atoms with Crippen molar-refractivity contribution in [1.29, 1.82) is 0 Å². The smallest absolute Gasteiger partial charge is 0.242 e. The highest BCUT2D eigenvalue weighted by atomic mass is 16.2. The monoisotopic (exact) mass is 215 g/mol. The first kappa shape index (κ1) is 13.9. The third-order valence-corrected chi connectivity index (χ3v) is 2.29. The van der Waals surface area contributed by atoms with Gasteiger partial charge in [-0.25, -0.2) is 0 Å². The second kappa shape index (κ2) is 5.70. The lowest BCUT2D eigenvalue weighted by Crippen LogP contribution is -2.55. The molecule has 0 spiro atoms. The van der Waals surface area contributed by atoms with Gasteiger partial charge in [0.1, 0.15) is 5.54 Å². The lowest BCUT2D eigenvalue weighted by Gasteiger charge is -2.22. The van der Waals surface area contributed by atoms with Crippen LogP contribution < -0.4 is 16.4 Å². The molecule has 0 rings (SSSR count). The molecule has 0 aliphatic heterocycles. The molecule has 5 heteroatoms. The number of carbonyl (C=O) groups excluding carboxylic acids is 2. The molecule has 0 aliphatic rings. The Hall–Kier alpha value is -1.10. The first-order chi connectivity index (χ1) is 6.79. The van der Waals surface area contributed by atoms with Gasteiger partial charge in [0.15, 0.2) is 0 Å². The minimum Gasteiger partial charge on any atom is -0.368 e. The van der Waals surface area contributed by atoms with Crippen molar-refractivity contribution in [2.24, 2.45) is 5.73 Å². The molecular weight excluding hydrogens is 194 g/mol. The zero-order chi connectivity index (χ0) is 12.1. The largest absolute Gasteiger partial charge is 0.368 e. The predicted octanol–water partition coefficient (Wildman–Crippen LogP) is -0.245. The molecule has 5 nitrogen and oxygen atoms in total. The van der Waals surface area contributed by atoms with Gasteiger partial charge in [-0.3, -0.25) is 9.59 Å². The second-order valence-corrected chi connectivity index (χ2v) is 4.23. The van der Waals surface area contributed by atoms with E-state index in [9.17, 15) is 9.59 Å². The molecule has 0 saturated heterocycles. The third kappa shape index (κ3) is 5.37. The fraction of sp³-hybridized carbons (Fsp3) is 0.800. The number of amides is 2. The molecule has 0 saturated carbocycles. The molecular formula is C10H21N3O2. The minimum absolute atomic E-state index is 0.200. The van der Waals surface area contributed by atoms with Crippen LogP contribution in [0.3, 0.4) is 0 Å². The van der Waals surface area contributed by atoms with Crippen molar-refractivity contribution < 1.29 is 9.59 Å². The van der Waals surface area contributed by atoms with Gasteiger partial charge in [0, 0.05) is 6.04 Å². The average Bonchev–Trinajstić information content (AvgIpc) is 2.13. The van der Waals surface area contributed by atoms with Crippen molar-refractivity contribution >= 4 is 11.8 Å². The van der Waals surface area contributed by atoms with Crippen molar-refractivity contribution in [3.8, 4) is 0 Å². The second-order valence-electron chi connectivity index (χ2n) is 4.23. The van der Waals surface area contributed by atoms with Crippen LogP contribution in [-0.4, -0.2) is 29.9 Å². The first-order valence-corrected chi connectivity index (χ1v) is 5.14. The van der Waals surface area contributed by atoms with E-state index in [1.807, 2.05) is 13.8 Å². The Bertz CT molecular complexity index is 239. The van der Waals surface area contributed by atoms with Gasteiger partial charge in [-0.2, -0.15) is 0 Å². The number of nitrogens with two attached hydrogens (primary N) is 1. The minimum atomic E-state index is -0.992. The highest BCUT2D eigenvalue weighted by Gasteiger charge is 2.26. The highest BCUT2D eigenvalue weighted by molar-refractivity contribution is 5.90. The van der Waals surface area contributed by atoms with Crippen molar-refractivity contribution in [3.63, 3.8) is 0 Å². The van der Waals surface area contributed by atoms with Crippen LogP contribution in [0.25, 0.3) is 0 Å². The van der Waals surface area contributed by atoms with E-state index in [0.717, 1.165) is 6.42 Å².